The first-order valence-corrected chi connectivity index (χ1v) is 10.5. The van der Waals surface area contributed by atoms with Gasteiger partial charge in [0.2, 0.25) is 0 Å². The number of pyridine rings is 1. The fraction of sp³-hybridized carbons (Fsp3) is 0.238. The summed E-state index contributed by atoms with van der Waals surface area (Å²) in [6.45, 7) is 2.91. The Balaban J connectivity index is 1.82. The predicted molar refractivity (Wildman–Crippen MR) is 118 cm³/mol. The quantitative estimate of drug-likeness (QED) is 0.529. The van der Waals surface area contributed by atoms with Gasteiger partial charge in [0, 0.05) is 35.8 Å². The highest BCUT2D eigenvalue weighted by Gasteiger charge is 2.19. The van der Waals surface area contributed by atoms with Crippen molar-refractivity contribution in [3.63, 3.8) is 0 Å². The van der Waals surface area contributed by atoms with Crippen molar-refractivity contribution in [3.8, 4) is 5.75 Å². The second-order valence-corrected chi connectivity index (χ2v) is 8.21. The molecule has 1 aromatic heterocycles. The fourth-order valence-corrected chi connectivity index (χ4v) is 4.33. The van der Waals surface area contributed by atoms with E-state index in [1.807, 2.05) is 12.1 Å². The number of morpholine rings is 1. The zero-order valence-corrected chi connectivity index (χ0v) is 17.8. The number of rotatable bonds is 6. The number of hydrogen-bond acceptors (Lipinski definition) is 7. The minimum atomic E-state index is -1.03. The number of fused-ring (bicyclic) bond motifs is 1. The van der Waals surface area contributed by atoms with E-state index < -0.39 is 5.97 Å². The molecule has 0 aliphatic carbocycles. The smallest absolute Gasteiger partial charge is 0.337 e. The van der Waals surface area contributed by atoms with Gasteiger partial charge in [-0.3, -0.25) is 4.98 Å². The van der Waals surface area contributed by atoms with Crippen LogP contribution in [0.25, 0.3) is 10.9 Å². The van der Waals surface area contributed by atoms with Crippen molar-refractivity contribution in [3.05, 3.63) is 53.2 Å². The van der Waals surface area contributed by atoms with Crippen molar-refractivity contribution in [2.75, 3.05) is 38.7 Å². The van der Waals surface area contributed by atoms with Gasteiger partial charge in [0.15, 0.2) is 0 Å². The molecule has 1 saturated heterocycles. The van der Waals surface area contributed by atoms with Crippen molar-refractivity contribution < 1.29 is 19.4 Å². The number of aromatic nitrogens is 1. The van der Waals surface area contributed by atoms with Gasteiger partial charge in [-0.25, -0.2) is 9.10 Å². The van der Waals surface area contributed by atoms with E-state index in [9.17, 15) is 9.90 Å². The van der Waals surface area contributed by atoms with Crippen molar-refractivity contribution in [2.45, 2.75) is 4.90 Å². The third-order valence-electron chi connectivity index (χ3n) is 4.71. The van der Waals surface area contributed by atoms with Crippen LogP contribution in [0.4, 0.5) is 11.4 Å². The summed E-state index contributed by atoms with van der Waals surface area (Å²) in [7, 11) is 1.54. The maximum Gasteiger partial charge on any atom is 0.337 e. The van der Waals surface area contributed by atoms with E-state index in [0.717, 1.165) is 34.6 Å². The molecule has 2 heterocycles. The molecule has 156 valence electrons. The van der Waals surface area contributed by atoms with Crippen LogP contribution in [0.2, 0.25) is 5.02 Å². The molecule has 7 nitrogen and oxygen atoms in total. The number of carboxylic acid groups (broad SMARTS) is 1. The highest BCUT2D eigenvalue weighted by Crippen LogP contribution is 2.39. The summed E-state index contributed by atoms with van der Waals surface area (Å²) in [5.74, 6) is -0.472. The lowest BCUT2D eigenvalue weighted by molar-refractivity contribution is 0.0698. The first-order valence-electron chi connectivity index (χ1n) is 9.32. The van der Waals surface area contributed by atoms with Crippen LogP contribution in [-0.2, 0) is 4.74 Å². The molecule has 4 rings (SSSR count). The standard InChI is InChI=1S/C21H20ClN3O4S/c1-28-14-3-4-15(21(26)27)18(11-14)24-20-16-10-13(22)2-5-17(16)23-12-19(20)30-25-6-8-29-9-7-25/h2-5,10-12H,6-9H2,1H3,(H,23,24)(H,26,27). The number of benzene rings is 2. The molecule has 0 amide bonds. The first-order chi connectivity index (χ1) is 14.5. The zero-order chi connectivity index (χ0) is 21.1. The Morgan fingerprint density at radius 1 is 1.27 bits per heavy atom. The topological polar surface area (TPSA) is 83.9 Å². The Morgan fingerprint density at radius 2 is 2.07 bits per heavy atom. The van der Waals surface area contributed by atoms with Gasteiger partial charge in [-0.15, -0.1) is 0 Å². The van der Waals surface area contributed by atoms with Gasteiger partial charge in [0.1, 0.15) is 5.75 Å². The molecular formula is C21H20ClN3O4S. The van der Waals surface area contributed by atoms with Crippen LogP contribution in [0, 0.1) is 0 Å². The lowest BCUT2D eigenvalue weighted by Crippen LogP contribution is -2.31. The Bertz CT molecular complexity index is 1090. The van der Waals surface area contributed by atoms with Gasteiger partial charge in [-0.05, 0) is 42.3 Å². The molecule has 1 aliphatic heterocycles. The van der Waals surface area contributed by atoms with Crippen molar-refractivity contribution in [1.82, 2.24) is 9.29 Å². The molecule has 1 fully saturated rings. The third kappa shape index (κ3) is 4.46. The van der Waals surface area contributed by atoms with Crippen LogP contribution in [0.5, 0.6) is 5.75 Å². The number of hydrogen-bond donors (Lipinski definition) is 2. The summed E-state index contributed by atoms with van der Waals surface area (Å²) in [5, 5.41) is 14.4. The number of ether oxygens (including phenoxy) is 2. The lowest BCUT2D eigenvalue weighted by Gasteiger charge is -2.26. The fourth-order valence-electron chi connectivity index (χ4n) is 3.20. The highest BCUT2D eigenvalue weighted by molar-refractivity contribution is 7.97. The number of methoxy groups -OCH3 is 1. The van der Waals surface area contributed by atoms with Gasteiger partial charge < -0.3 is 19.9 Å². The number of anilines is 2. The number of halogens is 1. The summed E-state index contributed by atoms with van der Waals surface area (Å²) in [5.41, 5.74) is 2.08. The Morgan fingerprint density at radius 3 is 2.80 bits per heavy atom. The summed E-state index contributed by atoms with van der Waals surface area (Å²) in [6, 6.07) is 10.3. The van der Waals surface area contributed by atoms with E-state index in [-0.39, 0.29) is 5.56 Å². The van der Waals surface area contributed by atoms with Crippen molar-refractivity contribution >= 4 is 51.8 Å². The highest BCUT2D eigenvalue weighted by atomic mass is 35.5. The molecule has 30 heavy (non-hydrogen) atoms. The average molecular weight is 446 g/mol. The van der Waals surface area contributed by atoms with E-state index >= 15 is 0 Å². The molecule has 3 aromatic rings. The molecule has 1 aliphatic rings. The van der Waals surface area contributed by atoms with Gasteiger partial charge in [0.25, 0.3) is 0 Å². The van der Waals surface area contributed by atoms with Gasteiger partial charge in [-0.1, -0.05) is 11.6 Å². The molecule has 0 bridgehead atoms. The number of nitrogens with zero attached hydrogens (tertiary/aromatic N) is 2. The van der Waals surface area contributed by atoms with E-state index in [2.05, 4.69) is 14.6 Å². The molecule has 0 spiro atoms. The Hall–Kier alpha value is -2.52. The Labute approximate surface area is 183 Å². The predicted octanol–water partition coefficient (Wildman–Crippen LogP) is 4.68. The molecule has 2 N–H and O–H groups in total. The maximum atomic E-state index is 11.8. The van der Waals surface area contributed by atoms with E-state index in [1.54, 1.807) is 43.5 Å². The van der Waals surface area contributed by atoms with Crippen LogP contribution in [0.3, 0.4) is 0 Å². The van der Waals surface area contributed by atoms with Crippen molar-refractivity contribution in [2.24, 2.45) is 0 Å². The number of carbonyl (C=O) groups is 1. The third-order valence-corrected chi connectivity index (χ3v) is 6.07. The largest absolute Gasteiger partial charge is 0.497 e. The van der Waals surface area contributed by atoms with Gasteiger partial charge >= 0.3 is 5.97 Å². The molecule has 9 heteroatoms. The second kappa shape index (κ2) is 9.09. The summed E-state index contributed by atoms with van der Waals surface area (Å²) >= 11 is 7.83. The van der Waals surface area contributed by atoms with Gasteiger partial charge in [-0.2, -0.15) is 0 Å². The van der Waals surface area contributed by atoms with E-state index in [4.69, 9.17) is 21.1 Å². The number of aromatic carboxylic acids is 1. The van der Waals surface area contributed by atoms with E-state index in [0.29, 0.717) is 29.7 Å². The monoisotopic (exact) mass is 445 g/mol. The van der Waals surface area contributed by atoms with Crippen LogP contribution in [-0.4, -0.2) is 53.8 Å². The normalized spacial score (nSPS) is 14.6. The minimum absolute atomic E-state index is 0.144. The first kappa shape index (κ1) is 20.7. The van der Waals surface area contributed by atoms with Crippen LogP contribution in [0.15, 0.2) is 47.5 Å². The van der Waals surface area contributed by atoms with Gasteiger partial charge in [0.05, 0.1) is 47.7 Å². The number of carboxylic acids is 1. The lowest BCUT2D eigenvalue weighted by atomic mass is 10.1. The second-order valence-electron chi connectivity index (χ2n) is 6.63. The van der Waals surface area contributed by atoms with Crippen molar-refractivity contribution in [1.29, 1.82) is 0 Å². The summed E-state index contributed by atoms with van der Waals surface area (Å²) in [6.07, 6.45) is 1.79. The average Bonchev–Trinajstić information content (AvgIpc) is 2.76. The Kier molecular flexibility index (Phi) is 6.29. The number of nitrogens with one attached hydrogen (secondary N) is 1. The summed E-state index contributed by atoms with van der Waals surface area (Å²) < 4.78 is 12.9. The molecule has 0 saturated carbocycles. The minimum Gasteiger partial charge on any atom is -0.497 e. The summed E-state index contributed by atoms with van der Waals surface area (Å²) in [4.78, 5) is 17.2. The molecular weight excluding hydrogens is 426 g/mol. The maximum absolute atomic E-state index is 11.8. The van der Waals surface area contributed by atoms with Crippen LogP contribution in [0.1, 0.15) is 10.4 Å². The molecule has 0 atom stereocenters. The SMILES string of the molecule is COc1ccc(C(=O)O)c(Nc2c(SN3CCOCC3)cnc3ccc(Cl)cc23)c1. The molecule has 2 aromatic carbocycles. The zero-order valence-electron chi connectivity index (χ0n) is 16.2. The van der Waals surface area contributed by atoms with Crippen LogP contribution >= 0.6 is 23.5 Å². The van der Waals surface area contributed by atoms with E-state index in [1.165, 1.54) is 6.07 Å². The molecule has 0 unspecified atom stereocenters. The molecule has 0 radical (unpaired) electrons. The van der Waals surface area contributed by atoms with Crippen LogP contribution < -0.4 is 10.1 Å².